The topological polar surface area (TPSA) is 82.1 Å². The standard InChI is InChI=1S/C16H17NO6S/c1-4-23-13(18)9-17-15(19)12(24-16(17)20)8-10-6-5-7-11(21-2)14(10)22-3/h5-8H,4,9H2,1-3H3/b12-8+. The molecule has 0 N–H and O–H groups in total. The average Bonchev–Trinajstić information content (AvgIpc) is 2.82. The molecular weight excluding hydrogens is 334 g/mol. The van der Waals surface area contributed by atoms with Crippen LogP contribution in [-0.4, -0.2) is 49.4 Å². The van der Waals surface area contributed by atoms with E-state index in [4.69, 9.17) is 14.2 Å². The minimum atomic E-state index is -0.625. The van der Waals surface area contributed by atoms with Gasteiger partial charge < -0.3 is 14.2 Å². The molecule has 0 radical (unpaired) electrons. The summed E-state index contributed by atoms with van der Waals surface area (Å²) in [4.78, 5) is 36.9. The summed E-state index contributed by atoms with van der Waals surface area (Å²) in [6.07, 6.45) is 1.54. The number of thioether (sulfide) groups is 1. The van der Waals surface area contributed by atoms with Gasteiger partial charge in [-0.15, -0.1) is 0 Å². The van der Waals surface area contributed by atoms with E-state index >= 15 is 0 Å². The van der Waals surface area contributed by atoms with Gasteiger partial charge >= 0.3 is 5.97 Å². The van der Waals surface area contributed by atoms with E-state index in [1.807, 2.05) is 0 Å². The van der Waals surface area contributed by atoms with Crippen molar-refractivity contribution in [3.8, 4) is 11.5 Å². The smallest absolute Gasteiger partial charge is 0.326 e. The molecule has 7 nitrogen and oxygen atoms in total. The third-order valence-corrected chi connectivity index (χ3v) is 4.09. The van der Waals surface area contributed by atoms with E-state index in [1.54, 1.807) is 25.1 Å². The molecule has 2 rings (SSSR count). The van der Waals surface area contributed by atoms with Crippen molar-refractivity contribution in [2.75, 3.05) is 27.4 Å². The lowest BCUT2D eigenvalue weighted by atomic mass is 10.1. The Kier molecular flexibility index (Phi) is 5.86. The van der Waals surface area contributed by atoms with Gasteiger partial charge in [0.1, 0.15) is 6.54 Å². The molecule has 1 aliphatic rings. The molecule has 1 fully saturated rings. The number of benzene rings is 1. The fourth-order valence-corrected chi connectivity index (χ4v) is 2.97. The van der Waals surface area contributed by atoms with Crippen LogP contribution in [0.4, 0.5) is 4.79 Å². The summed E-state index contributed by atoms with van der Waals surface area (Å²) in [6, 6.07) is 5.21. The van der Waals surface area contributed by atoms with E-state index in [-0.39, 0.29) is 11.5 Å². The van der Waals surface area contributed by atoms with Gasteiger partial charge in [-0.05, 0) is 30.8 Å². The Hall–Kier alpha value is -2.48. The highest BCUT2D eigenvalue weighted by atomic mass is 32.2. The van der Waals surface area contributed by atoms with Crippen molar-refractivity contribution in [2.45, 2.75) is 6.92 Å². The molecule has 1 heterocycles. The average molecular weight is 351 g/mol. The first-order valence-electron chi connectivity index (χ1n) is 7.13. The van der Waals surface area contributed by atoms with Crippen LogP contribution < -0.4 is 9.47 Å². The SMILES string of the molecule is CCOC(=O)CN1C(=O)S/C(=C/c2cccc(OC)c2OC)C1=O. The Morgan fingerprint density at radius 3 is 2.62 bits per heavy atom. The predicted octanol–water partition coefficient (Wildman–Crippen LogP) is 2.30. The van der Waals surface area contributed by atoms with Crippen LogP contribution >= 0.6 is 11.8 Å². The van der Waals surface area contributed by atoms with Crippen molar-refractivity contribution in [2.24, 2.45) is 0 Å². The number of carbonyl (C=O) groups excluding carboxylic acids is 3. The summed E-state index contributed by atoms with van der Waals surface area (Å²) in [5, 5.41) is -0.513. The lowest BCUT2D eigenvalue weighted by molar-refractivity contribution is -0.145. The summed E-state index contributed by atoms with van der Waals surface area (Å²) >= 11 is 0.764. The summed E-state index contributed by atoms with van der Waals surface area (Å²) < 4.78 is 15.3. The molecule has 0 aliphatic carbocycles. The summed E-state index contributed by atoms with van der Waals surface area (Å²) in [6.45, 7) is 1.44. The Morgan fingerprint density at radius 1 is 1.25 bits per heavy atom. The first-order chi connectivity index (χ1) is 11.5. The second-order valence-corrected chi connectivity index (χ2v) is 5.65. The molecule has 0 atom stereocenters. The maximum atomic E-state index is 12.4. The highest BCUT2D eigenvalue weighted by Crippen LogP contribution is 2.37. The number of hydrogen-bond donors (Lipinski definition) is 0. The van der Waals surface area contributed by atoms with E-state index in [0.29, 0.717) is 17.1 Å². The Morgan fingerprint density at radius 2 is 2.00 bits per heavy atom. The number of esters is 1. The summed E-state index contributed by atoms with van der Waals surface area (Å²) in [5.74, 6) is -0.197. The highest BCUT2D eigenvalue weighted by molar-refractivity contribution is 8.18. The quantitative estimate of drug-likeness (QED) is 0.574. The van der Waals surface area contributed by atoms with Crippen molar-refractivity contribution in [3.63, 3.8) is 0 Å². The fourth-order valence-electron chi connectivity index (χ4n) is 2.14. The summed E-state index contributed by atoms with van der Waals surface area (Å²) in [7, 11) is 3.00. The fraction of sp³-hybridized carbons (Fsp3) is 0.312. The van der Waals surface area contributed by atoms with Gasteiger partial charge in [-0.25, -0.2) is 0 Å². The second-order valence-electron chi connectivity index (χ2n) is 4.66. The van der Waals surface area contributed by atoms with Crippen molar-refractivity contribution < 1.29 is 28.6 Å². The number of rotatable bonds is 6. The van der Waals surface area contributed by atoms with E-state index in [1.165, 1.54) is 20.3 Å². The maximum absolute atomic E-state index is 12.4. The van der Waals surface area contributed by atoms with Crippen LogP contribution in [0.5, 0.6) is 11.5 Å². The molecule has 2 amide bonds. The van der Waals surface area contributed by atoms with Crippen LogP contribution in [-0.2, 0) is 14.3 Å². The maximum Gasteiger partial charge on any atom is 0.326 e. The molecule has 0 saturated carbocycles. The summed E-state index contributed by atoms with van der Waals surface area (Å²) in [5.41, 5.74) is 0.596. The van der Waals surface area contributed by atoms with Crippen LogP contribution in [0, 0.1) is 0 Å². The van der Waals surface area contributed by atoms with E-state index in [2.05, 4.69) is 0 Å². The molecule has 128 valence electrons. The molecule has 1 aromatic carbocycles. The Labute approximate surface area is 143 Å². The van der Waals surface area contributed by atoms with Gasteiger partial charge in [-0.1, -0.05) is 12.1 Å². The molecule has 24 heavy (non-hydrogen) atoms. The zero-order valence-corrected chi connectivity index (χ0v) is 14.3. The first-order valence-corrected chi connectivity index (χ1v) is 7.95. The Balaban J connectivity index is 2.28. The third kappa shape index (κ3) is 3.70. The zero-order valence-electron chi connectivity index (χ0n) is 13.5. The number of nitrogens with zero attached hydrogens (tertiary/aromatic N) is 1. The highest BCUT2D eigenvalue weighted by Gasteiger charge is 2.36. The molecule has 0 bridgehead atoms. The van der Waals surface area contributed by atoms with Gasteiger partial charge in [-0.2, -0.15) is 0 Å². The predicted molar refractivity (Wildman–Crippen MR) is 88.9 cm³/mol. The lowest BCUT2D eigenvalue weighted by Crippen LogP contribution is -2.34. The number of imide groups is 1. The van der Waals surface area contributed by atoms with Gasteiger partial charge in [-0.3, -0.25) is 19.3 Å². The number of hydrogen-bond acceptors (Lipinski definition) is 7. The Bertz CT molecular complexity index is 700. The van der Waals surface area contributed by atoms with Gasteiger partial charge in [0.2, 0.25) is 0 Å². The van der Waals surface area contributed by atoms with Gasteiger partial charge in [0.05, 0.1) is 25.7 Å². The van der Waals surface area contributed by atoms with Crippen LogP contribution in [0.25, 0.3) is 6.08 Å². The zero-order chi connectivity index (χ0) is 17.7. The molecule has 0 unspecified atom stereocenters. The van der Waals surface area contributed by atoms with Crippen LogP contribution in [0.2, 0.25) is 0 Å². The molecular formula is C16H17NO6S. The van der Waals surface area contributed by atoms with Crippen molar-refractivity contribution >= 4 is 35.0 Å². The molecule has 1 aromatic rings. The number of amides is 2. The van der Waals surface area contributed by atoms with Crippen molar-refractivity contribution in [1.29, 1.82) is 0 Å². The van der Waals surface area contributed by atoms with E-state index < -0.39 is 23.7 Å². The van der Waals surface area contributed by atoms with Crippen LogP contribution in [0.3, 0.4) is 0 Å². The normalized spacial score (nSPS) is 15.8. The largest absolute Gasteiger partial charge is 0.493 e. The lowest BCUT2D eigenvalue weighted by Gasteiger charge is -2.11. The molecule has 0 aromatic heterocycles. The number of carbonyl (C=O) groups is 3. The monoisotopic (exact) mass is 351 g/mol. The third-order valence-electron chi connectivity index (χ3n) is 3.19. The van der Waals surface area contributed by atoms with Gasteiger partial charge in [0.15, 0.2) is 11.5 Å². The molecule has 0 spiro atoms. The minimum absolute atomic E-state index is 0.186. The molecule has 1 saturated heterocycles. The second kappa shape index (κ2) is 7.87. The van der Waals surface area contributed by atoms with Gasteiger partial charge in [0, 0.05) is 5.56 Å². The van der Waals surface area contributed by atoms with Crippen LogP contribution in [0.1, 0.15) is 12.5 Å². The van der Waals surface area contributed by atoms with E-state index in [0.717, 1.165) is 16.7 Å². The minimum Gasteiger partial charge on any atom is -0.493 e. The van der Waals surface area contributed by atoms with Crippen LogP contribution in [0.15, 0.2) is 23.1 Å². The molecule has 8 heteroatoms. The first kappa shape index (κ1) is 17.9. The number of methoxy groups -OCH3 is 2. The van der Waals surface area contributed by atoms with Crippen molar-refractivity contribution in [3.05, 3.63) is 28.7 Å². The van der Waals surface area contributed by atoms with E-state index in [9.17, 15) is 14.4 Å². The van der Waals surface area contributed by atoms with Gasteiger partial charge in [0.25, 0.3) is 11.1 Å². The number of para-hydroxylation sites is 1. The number of ether oxygens (including phenoxy) is 3. The molecule has 1 aliphatic heterocycles. The van der Waals surface area contributed by atoms with Crippen molar-refractivity contribution in [1.82, 2.24) is 4.90 Å².